The largest absolute Gasteiger partial charge is 0.300 e. The van der Waals surface area contributed by atoms with Crippen molar-refractivity contribution >= 4 is 17.4 Å². The molecule has 1 aromatic carbocycles. The van der Waals surface area contributed by atoms with Gasteiger partial charge in [0.1, 0.15) is 11.6 Å². The molecule has 70 valence electrons. The molecule has 0 atom stereocenters. The van der Waals surface area contributed by atoms with Crippen molar-refractivity contribution in [3.05, 3.63) is 34.6 Å². The predicted molar refractivity (Wildman–Crippen MR) is 50.4 cm³/mol. The molecule has 13 heavy (non-hydrogen) atoms. The smallest absolute Gasteiger partial charge is 0.144 e. The molecule has 3 heteroatoms. The second-order valence-electron chi connectivity index (χ2n) is 2.91. The molecule has 1 rings (SSSR count). The maximum atomic E-state index is 13.2. The van der Waals surface area contributed by atoms with E-state index in [0.29, 0.717) is 18.4 Å². The van der Waals surface area contributed by atoms with Gasteiger partial charge in [-0.05, 0) is 25.0 Å². The molecule has 0 aromatic heterocycles. The summed E-state index contributed by atoms with van der Waals surface area (Å²) in [5.74, 6) is -0.357. The van der Waals surface area contributed by atoms with Crippen LogP contribution in [-0.4, -0.2) is 5.78 Å². The van der Waals surface area contributed by atoms with E-state index in [0.717, 1.165) is 0 Å². The first-order valence-corrected chi connectivity index (χ1v) is 4.41. The number of Topliss-reactive ketones (excluding diaryl/α,β-unsaturated/α-hetero) is 1. The Bertz CT molecular complexity index is 323. The molecule has 0 spiro atoms. The van der Waals surface area contributed by atoms with Gasteiger partial charge in [-0.25, -0.2) is 4.39 Å². The number of benzene rings is 1. The SMILES string of the molecule is CC(=O)CCc1cccc(Cl)c1F. The van der Waals surface area contributed by atoms with Gasteiger partial charge in [0, 0.05) is 6.42 Å². The van der Waals surface area contributed by atoms with Crippen molar-refractivity contribution in [3.63, 3.8) is 0 Å². The molecule has 0 saturated carbocycles. The fourth-order valence-corrected chi connectivity index (χ4v) is 1.25. The first-order chi connectivity index (χ1) is 6.11. The van der Waals surface area contributed by atoms with E-state index < -0.39 is 5.82 Å². The Morgan fingerprint density at radius 2 is 2.23 bits per heavy atom. The zero-order valence-electron chi connectivity index (χ0n) is 7.31. The Balaban J connectivity index is 2.77. The molecule has 0 heterocycles. The fraction of sp³-hybridized carbons (Fsp3) is 0.300. The highest BCUT2D eigenvalue weighted by molar-refractivity contribution is 6.30. The summed E-state index contributed by atoms with van der Waals surface area (Å²) in [4.78, 5) is 10.7. The van der Waals surface area contributed by atoms with Gasteiger partial charge < -0.3 is 4.79 Å². The molecule has 0 unspecified atom stereocenters. The summed E-state index contributed by atoms with van der Waals surface area (Å²) in [5.41, 5.74) is 0.503. The average Bonchev–Trinajstić information content (AvgIpc) is 2.07. The maximum Gasteiger partial charge on any atom is 0.144 e. The molecule has 0 saturated heterocycles. The van der Waals surface area contributed by atoms with E-state index in [4.69, 9.17) is 11.6 Å². The minimum atomic E-state index is -0.412. The van der Waals surface area contributed by atoms with Crippen LogP contribution in [0.25, 0.3) is 0 Å². The number of aryl methyl sites for hydroxylation is 1. The fourth-order valence-electron chi connectivity index (χ4n) is 1.05. The predicted octanol–water partition coefficient (Wildman–Crippen LogP) is 3.00. The van der Waals surface area contributed by atoms with Crippen LogP contribution in [0.4, 0.5) is 4.39 Å². The Morgan fingerprint density at radius 3 is 2.85 bits per heavy atom. The van der Waals surface area contributed by atoms with Crippen LogP contribution in [0.5, 0.6) is 0 Å². The molecule has 0 aliphatic rings. The van der Waals surface area contributed by atoms with Gasteiger partial charge in [-0.1, -0.05) is 23.7 Å². The van der Waals surface area contributed by atoms with Crippen molar-refractivity contribution in [2.75, 3.05) is 0 Å². The van der Waals surface area contributed by atoms with Crippen molar-refractivity contribution in [2.24, 2.45) is 0 Å². The summed E-state index contributed by atoms with van der Waals surface area (Å²) in [7, 11) is 0. The van der Waals surface area contributed by atoms with Gasteiger partial charge in [-0.3, -0.25) is 0 Å². The number of hydrogen-bond donors (Lipinski definition) is 0. The molecule has 0 fully saturated rings. The second kappa shape index (κ2) is 4.38. The van der Waals surface area contributed by atoms with Gasteiger partial charge >= 0.3 is 0 Å². The highest BCUT2D eigenvalue weighted by Gasteiger charge is 2.06. The second-order valence-corrected chi connectivity index (χ2v) is 3.32. The van der Waals surface area contributed by atoms with Gasteiger partial charge in [0.2, 0.25) is 0 Å². The minimum Gasteiger partial charge on any atom is -0.300 e. The van der Waals surface area contributed by atoms with Crippen LogP contribution in [0, 0.1) is 5.82 Å². The maximum absolute atomic E-state index is 13.2. The first-order valence-electron chi connectivity index (χ1n) is 4.03. The average molecular weight is 201 g/mol. The molecule has 0 N–H and O–H groups in total. The summed E-state index contributed by atoms with van der Waals surface area (Å²) in [6, 6.07) is 4.82. The van der Waals surface area contributed by atoms with Crippen molar-refractivity contribution in [1.29, 1.82) is 0 Å². The highest BCUT2D eigenvalue weighted by Crippen LogP contribution is 2.18. The molecule has 0 amide bonds. The summed E-state index contributed by atoms with van der Waals surface area (Å²) in [6.45, 7) is 1.49. The summed E-state index contributed by atoms with van der Waals surface area (Å²) in [6.07, 6.45) is 0.777. The molecule has 0 aliphatic carbocycles. The highest BCUT2D eigenvalue weighted by atomic mass is 35.5. The monoisotopic (exact) mass is 200 g/mol. The zero-order valence-corrected chi connectivity index (χ0v) is 8.07. The standard InChI is InChI=1S/C10H10ClFO/c1-7(13)5-6-8-3-2-4-9(11)10(8)12/h2-4H,5-6H2,1H3. The van der Waals surface area contributed by atoms with E-state index in [1.165, 1.54) is 13.0 Å². The minimum absolute atomic E-state index is 0.0550. The van der Waals surface area contributed by atoms with Crippen LogP contribution >= 0.6 is 11.6 Å². The molecule has 1 aromatic rings. The first kappa shape index (κ1) is 10.2. The topological polar surface area (TPSA) is 17.1 Å². The lowest BCUT2D eigenvalue weighted by Crippen LogP contribution is -1.96. The van der Waals surface area contributed by atoms with E-state index in [1.807, 2.05) is 0 Å². The Labute approximate surface area is 81.5 Å². The van der Waals surface area contributed by atoms with E-state index in [1.54, 1.807) is 12.1 Å². The van der Waals surface area contributed by atoms with Gasteiger partial charge in [-0.15, -0.1) is 0 Å². The summed E-state index contributed by atoms with van der Waals surface area (Å²) >= 11 is 5.57. The van der Waals surface area contributed by atoms with Crippen LogP contribution in [0.3, 0.4) is 0 Å². The normalized spacial score (nSPS) is 10.1. The van der Waals surface area contributed by atoms with Gasteiger partial charge in [-0.2, -0.15) is 0 Å². The number of carbonyl (C=O) groups is 1. The van der Waals surface area contributed by atoms with Crippen LogP contribution in [0.2, 0.25) is 5.02 Å². The third-order valence-corrected chi connectivity index (χ3v) is 2.07. The van der Waals surface area contributed by atoms with Crippen LogP contribution in [-0.2, 0) is 11.2 Å². The van der Waals surface area contributed by atoms with Crippen molar-refractivity contribution in [1.82, 2.24) is 0 Å². The number of ketones is 1. The quantitative estimate of drug-likeness (QED) is 0.733. The van der Waals surface area contributed by atoms with E-state index >= 15 is 0 Å². The van der Waals surface area contributed by atoms with Crippen molar-refractivity contribution < 1.29 is 9.18 Å². The Morgan fingerprint density at radius 1 is 1.54 bits per heavy atom. The Hall–Kier alpha value is -0.890. The van der Waals surface area contributed by atoms with E-state index in [2.05, 4.69) is 0 Å². The number of rotatable bonds is 3. The lowest BCUT2D eigenvalue weighted by atomic mass is 10.1. The summed E-state index contributed by atoms with van der Waals surface area (Å²) in [5, 5.41) is 0.112. The molecule has 0 bridgehead atoms. The lowest BCUT2D eigenvalue weighted by Gasteiger charge is -2.02. The molecular weight excluding hydrogens is 191 g/mol. The molecular formula is C10H10ClFO. The van der Waals surface area contributed by atoms with E-state index in [9.17, 15) is 9.18 Å². The Kier molecular flexibility index (Phi) is 3.43. The number of carbonyl (C=O) groups excluding carboxylic acids is 1. The van der Waals surface area contributed by atoms with Crippen LogP contribution < -0.4 is 0 Å². The molecule has 1 nitrogen and oxygen atoms in total. The van der Waals surface area contributed by atoms with Gasteiger partial charge in [0.15, 0.2) is 0 Å². The van der Waals surface area contributed by atoms with Crippen molar-refractivity contribution in [3.8, 4) is 0 Å². The number of halogens is 2. The van der Waals surface area contributed by atoms with Crippen LogP contribution in [0.1, 0.15) is 18.9 Å². The van der Waals surface area contributed by atoms with Crippen molar-refractivity contribution in [2.45, 2.75) is 19.8 Å². The van der Waals surface area contributed by atoms with E-state index in [-0.39, 0.29) is 10.8 Å². The molecule has 0 radical (unpaired) electrons. The third-order valence-electron chi connectivity index (χ3n) is 1.78. The lowest BCUT2D eigenvalue weighted by molar-refractivity contribution is -0.116. The van der Waals surface area contributed by atoms with Gasteiger partial charge in [0.25, 0.3) is 0 Å². The number of hydrogen-bond acceptors (Lipinski definition) is 1. The third kappa shape index (κ3) is 2.81. The summed E-state index contributed by atoms with van der Waals surface area (Å²) < 4.78 is 13.2. The zero-order chi connectivity index (χ0) is 9.84. The molecule has 0 aliphatic heterocycles. The van der Waals surface area contributed by atoms with Crippen LogP contribution in [0.15, 0.2) is 18.2 Å². The van der Waals surface area contributed by atoms with Gasteiger partial charge in [0.05, 0.1) is 5.02 Å².